The zero-order chi connectivity index (χ0) is 9.78. The van der Waals surface area contributed by atoms with Crippen molar-refractivity contribution in [1.82, 2.24) is 5.32 Å². The van der Waals surface area contributed by atoms with Crippen molar-refractivity contribution in [2.75, 3.05) is 13.7 Å². The lowest BCUT2D eigenvalue weighted by Gasteiger charge is -2.19. The monoisotopic (exact) mass is 173 g/mol. The van der Waals surface area contributed by atoms with Gasteiger partial charge in [-0.2, -0.15) is 0 Å². The predicted molar refractivity (Wildman–Crippen MR) is 48.9 cm³/mol. The van der Waals surface area contributed by atoms with Crippen molar-refractivity contribution in [3.63, 3.8) is 0 Å². The molecule has 1 N–H and O–H groups in total. The van der Waals surface area contributed by atoms with E-state index >= 15 is 0 Å². The number of carbonyl (C=O) groups is 1. The molecular weight excluding hydrogens is 154 g/mol. The van der Waals surface area contributed by atoms with Gasteiger partial charge in [-0.05, 0) is 19.4 Å². The first-order valence-electron chi connectivity index (χ1n) is 4.21. The van der Waals surface area contributed by atoms with Crippen molar-refractivity contribution in [2.45, 2.75) is 33.7 Å². The van der Waals surface area contributed by atoms with E-state index in [2.05, 4.69) is 5.32 Å². The number of esters is 1. The number of hydrogen-bond acceptors (Lipinski definition) is 3. The predicted octanol–water partition coefficient (Wildman–Crippen LogP) is 1.18. The Bertz CT molecular complexity index is 149. The third-order valence-corrected chi connectivity index (χ3v) is 1.43. The van der Waals surface area contributed by atoms with Crippen LogP contribution in [-0.4, -0.2) is 25.7 Å². The molecule has 0 unspecified atom stereocenters. The number of rotatable bonds is 3. The summed E-state index contributed by atoms with van der Waals surface area (Å²) in [6.07, 6.45) is 0. The standard InChI is InChI=1S/C9H19NO2/c1-7(10-5)8(11)12-6-9(2,3)4/h7,10H,6H2,1-5H3/t7-/m0/s1. The summed E-state index contributed by atoms with van der Waals surface area (Å²) in [5.74, 6) is -0.188. The lowest BCUT2D eigenvalue weighted by molar-refractivity contribution is -0.148. The summed E-state index contributed by atoms with van der Waals surface area (Å²) in [4.78, 5) is 11.1. The molecule has 3 nitrogen and oxygen atoms in total. The summed E-state index contributed by atoms with van der Waals surface area (Å²) >= 11 is 0. The van der Waals surface area contributed by atoms with Crippen LogP contribution in [0.25, 0.3) is 0 Å². The number of carbonyl (C=O) groups excluding carboxylic acids is 1. The molecule has 0 radical (unpaired) electrons. The smallest absolute Gasteiger partial charge is 0.322 e. The quantitative estimate of drug-likeness (QED) is 0.651. The molecule has 0 fully saturated rings. The average Bonchev–Trinajstić information content (AvgIpc) is 1.97. The molecule has 0 aliphatic carbocycles. The lowest BCUT2D eigenvalue weighted by atomic mass is 9.99. The van der Waals surface area contributed by atoms with Crippen LogP contribution in [0.15, 0.2) is 0 Å². The largest absolute Gasteiger partial charge is 0.464 e. The van der Waals surface area contributed by atoms with Gasteiger partial charge in [0.2, 0.25) is 0 Å². The summed E-state index contributed by atoms with van der Waals surface area (Å²) in [6.45, 7) is 8.35. The van der Waals surface area contributed by atoms with Crippen LogP contribution in [0.1, 0.15) is 27.7 Å². The topological polar surface area (TPSA) is 38.3 Å². The van der Waals surface area contributed by atoms with Gasteiger partial charge in [0.25, 0.3) is 0 Å². The third-order valence-electron chi connectivity index (χ3n) is 1.43. The van der Waals surface area contributed by atoms with Gasteiger partial charge in [-0.1, -0.05) is 20.8 Å². The molecule has 3 heteroatoms. The second kappa shape index (κ2) is 4.45. The molecule has 0 rings (SSSR count). The van der Waals surface area contributed by atoms with Gasteiger partial charge in [0.05, 0.1) is 6.61 Å². The van der Waals surface area contributed by atoms with E-state index in [-0.39, 0.29) is 17.4 Å². The Kier molecular flexibility index (Phi) is 4.24. The molecule has 0 aliphatic rings. The fourth-order valence-electron chi connectivity index (χ4n) is 0.530. The number of nitrogens with one attached hydrogen (secondary N) is 1. The molecular formula is C9H19NO2. The molecule has 0 heterocycles. The zero-order valence-corrected chi connectivity index (χ0v) is 8.60. The minimum atomic E-state index is -0.215. The van der Waals surface area contributed by atoms with Crippen molar-refractivity contribution in [3.05, 3.63) is 0 Å². The highest BCUT2D eigenvalue weighted by molar-refractivity contribution is 5.75. The van der Waals surface area contributed by atoms with Crippen LogP contribution in [0.2, 0.25) is 0 Å². The van der Waals surface area contributed by atoms with Crippen LogP contribution in [0.5, 0.6) is 0 Å². The van der Waals surface area contributed by atoms with E-state index < -0.39 is 0 Å². The first kappa shape index (κ1) is 11.4. The van der Waals surface area contributed by atoms with E-state index in [4.69, 9.17) is 4.74 Å². The van der Waals surface area contributed by atoms with E-state index in [1.54, 1.807) is 14.0 Å². The molecule has 0 aliphatic heterocycles. The maximum Gasteiger partial charge on any atom is 0.322 e. The summed E-state index contributed by atoms with van der Waals surface area (Å²) in [5, 5.41) is 2.83. The summed E-state index contributed by atoms with van der Waals surface area (Å²) < 4.78 is 5.06. The highest BCUT2D eigenvalue weighted by atomic mass is 16.5. The highest BCUT2D eigenvalue weighted by Gasteiger charge is 2.16. The number of likely N-dealkylation sites (N-methyl/N-ethyl adjacent to an activating group) is 1. The van der Waals surface area contributed by atoms with Crippen molar-refractivity contribution in [2.24, 2.45) is 5.41 Å². The molecule has 0 aromatic carbocycles. The second-order valence-corrected chi connectivity index (χ2v) is 4.18. The minimum absolute atomic E-state index is 0.0448. The van der Waals surface area contributed by atoms with Crippen molar-refractivity contribution < 1.29 is 9.53 Å². The van der Waals surface area contributed by atoms with E-state index in [1.165, 1.54) is 0 Å². The fourth-order valence-corrected chi connectivity index (χ4v) is 0.530. The Morgan fingerprint density at radius 3 is 2.33 bits per heavy atom. The van der Waals surface area contributed by atoms with Crippen LogP contribution < -0.4 is 5.32 Å². The SMILES string of the molecule is CN[C@@H](C)C(=O)OCC(C)(C)C. The third kappa shape index (κ3) is 5.13. The maximum absolute atomic E-state index is 11.1. The van der Waals surface area contributed by atoms with Crippen molar-refractivity contribution >= 4 is 5.97 Å². The van der Waals surface area contributed by atoms with Gasteiger partial charge in [-0.15, -0.1) is 0 Å². The molecule has 0 aromatic rings. The Labute approximate surface area is 74.5 Å². The van der Waals surface area contributed by atoms with Gasteiger partial charge in [0.15, 0.2) is 0 Å². The Morgan fingerprint density at radius 1 is 1.50 bits per heavy atom. The van der Waals surface area contributed by atoms with E-state index in [0.717, 1.165) is 0 Å². The molecule has 0 amide bonds. The molecule has 0 spiro atoms. The first-order chi connectivity index (χ1) is 5.37. The van der Waals surface area contributed by atoms with Gasteiger partial charge in [-0.3, -0.25) is 4.79 Å². The normalized spacial score (nSPS) is 14.1. The molecule has 0 bridgehead atoms. The zero-order valence-electron chi connectivity index (χ0n) is 8.60. The van der Waals surface area contributed by atoms with E-state index in [0.29, 0.717) is 6.61 Å². The molecule has 72 valence electrons. The van der Waals surface area contributed by atoms with E-state index in [1.807, 2.05) is 20.8 Å². The Hall–Kier alpha value is -0.570. The van der Waals surface area contributed by atoms with Crippen LogP contribution in [0.4, 0.5) is 0 Å². The second-order valence-electron chi connectivity index (χ2n) is 4.18. The molecule has 0 saturated heterocycles. The Morgan fingerprint density at radius 2 is 2.00 bits per heavy atom. The van der Waals surface area contributed by atoms with Crippen LogP contribution in [-0.2, 0) is 9.53 Å². The lowest BCUT2D eigenvalue weighted by Crippen LogP contribution is -2.34. The minimum Gasteiger partial charge on any atom is -0.464 e. The summed E-state index contributed by atoms with van der Waals surface area (Å²) in [6, 6.07) is -0.215. The van der Waals surface area contributed by atoms with Crippen LogP contribution in [0, 0.1) is 5.41 Å². The average molecular weight is 173 g/mol. The summed E-state index contributed by atoms with van der Waals surface area (Å²) in [5.41, 5.74) is 0.0448. The summed E-state index contributed by atoms with van der Waals surface area (Å²) in [7, 11) is 1.74. The molecule has 1 atom stereocenters. The van der Waals surface area contributed by atoms with Crippen LogP contribution >= 0.6 is 0 Å². The van der Waals surface area contributed by atoms with Gasteiger partial charge >= 0.3 is 5.97 Å². The molecule has 0 saturated carbocycles. The maximum atomic E-state index is 11.1. The van der Waals surface area contributed by atoms with E-state index in [9.17, 15) is 4.79 Å². The first-order valence-corrected chi connectivity index (χ1v) is 4.21. The van der Waals surface area contributed by atoms with Gasteiger partial charge in [0.1, 0.15) is 6.04 Å². The fraction of sp³-hybridized carbons (Fsp3) is 0.889. The number of ether oxygens (including phenoxy) is 1. The Balaban J connectivity index is 3.72. The van der Waals surface area contributed by atoms with Crippen molar-refractivity contribution in [1.29, 1.82) is 0 Å². The van der Waals surface area contributed by atoms with Gasteiger partial charge in [-0.25, -0.2) is 0 Å². The van der Waals surface area contributed by atoms with Gasteiger partial charge < -0.3 is 10.1 Å². The molecule has 0 aromatic heterocycles. The number of hydrogen-bond donors (Lipinski definition) is 1. The highest BCUT2D eigenvalue weighted by Crippen LogP contribution is 2.12. The molecule has 12 heavy (non-hydrogen) atoms. The van der Waals surface area contributed by atoms with Crippen LogP contribution in [0.3, 0.4) is 0 Å². The van der Waals surface area contributed by atoms with Crippen molar-refractivity contribution in [3.8, 4) is 0 Å². The van der Waals surface area contributed by atoms with Gasteiger partial charge in [0, 0.05) is 0 Å².